The lowest BCUT2D eigenvalue weighted by Gasteiger charge is -2.25. The van der Waals surface area contributed by atoms with Gasteiger partial charge < -0.3 is 31.7 Å². The van der Waals surface area contributed by atoms with E-state index >= 15 is 0 Å². The van der Waals surface area contributed by atoms with E-state index in [1.165, 1.54) is 5.56 Å². The number of rotatable bonds is 14. The summed E-state index contributed by atoms with van der Waals surface area (Å²) in [7, 11) is 0. The summed E-state index contributed by atoms with van der Waals surface area (Å²) in [6.45, 7) is 7.97. The molecule has 1 aromatic carbocycles. The van der Waals surface area contributed by atoms with Gasteiger partial charge in [0.15, 0.2) is 0 Å². The summed E-state index contributed by atoms with van der Waals surface area (Å²) in [5.41, 5.74) is 10.1. The first-order chi connectivity index (χ1) is 19.9. The van der Waals surface area contributed by atoms with Gasteiger partial charge >= 0.3 is 0 Å². The van der Waals surface area contributed by atoms with Crippen molar-refractivity contribution in [2.45, 2.75) is 38.9 Å². The molecule has 1 amide bonds. The predicted molar refractivity (Wildman–Crippen MR) is 163 cm³/mol. The average Bonchev–Trinajstić information content (AvgIpc) is 3.01. The minimum absolute atomic E-state index is 0.322. The van der Waals surface area contributed by atoms with Crippen LogP contribution in [0.1, 0.15) is 30.8 Å². The Hall–Kier alpha value is -4.09. The molecule has 41 heavy (non-hydrogen) atoms. The van der Waals surface area contributed by atoms with E-state index in [-0.39, 0.29) is 0 Å². The molecule has 0 bridgehead atoms. The summed E-state index contributed by atoms with van der Waals surface area (Å²) < 4.78 is 0. The van der Waals surface area contributed by atoms with E-state index in [0.717, 1.165) is 29.2 Å². The Balaban J connectivity index is 0.000000543. The summed E-state index contributed by atoms with van der Waals surface area (Å²) in [4.78, 5) is 21.0. The number of nitrogens with two attached hydrogens (primary N) is 1. The van der Waals surface area contributed by atoms with Crippen LogP contribution in [0.3, 0.4) is 0 Å². The molecule has 0 saturated heterocycles. The molecule has 2 aromatic heterocycles. The quantitative estimate of drug-likeness (QED) is 0.128. The highest BCUT2D eigenvalue weighted by molar-refractivity contribution is 5.48. The third-order valence-electron chi connectivity index (χ3n) is 5.69. The Bertz CT molecular complexity index is 1070. The Morgan fingerprint density at radius 3 is 1.83 bits per heavy atom. The summed E-state index contributed by atoms with van der Waals surface area (Å²) >= 11 is 0. The topological polar surface area (TPSA) is 157 Å². The molecule has 0 radical (unpaired) electrons. The Kier molecular flexibility index (Phi) is 17.7. The maximum atomic E-state index is 9.85. The van der Waals surface area contributed by atoms with Gasteiger partial charge in [-0.25, -0.2) is 0 Å². The summed E-state index contributed by atoms with van der Waals surface area (Å²) in [6, 6.07) is 20.3. The van der Waals surface area contributed by atoms with E-state index in [0.29, 0.717) is 26.0 Å². The van der Waals surface area contributed by atoms with Gasteiger partial charge in [0.25, 0.3) is 0 Å². The van der Waals surface area contributed by atoms with Gasteiger partial charge in [-0.3, -0.25) is 19.7 Å². The van der Waals surface area contributed by atoms with Crippen LogP contribution in [0.25, 0.3) is 0 Å². The zero-order chi connectivity index (χ0) is 30.3. The van der Waals surface area contributed by atoms with E-state index in [4.69, 9.17) is 21.1 Å². The predicted octanol–water partition coefficient (Wildman–Crippen LogP) is 2.59. The van der Waals surface area contributed by atoms with Crippen molar-refractivity contribution in [3.8, 4) is 0 Å². The molecular formula is C31H44N6O4. The molecule has 10 nitrogen and oxygen atoms in total. The van der Waals surface area contributed by atoms with Gasteiger partial charge in [0.1, 0.15) is 5.54 Å². The second kappa shape index (κ2) is 20.8. The zero-order valence-corrected chi connectivity index (χ0v) is 24.0. The highest BCUT2D eigenvalue weighted by atomic mass is 16.3. The molecular weight excluding hydrogens is 520 g/mol. The summed E-state index contributed by atoms with van der Waals surface area (Å²) in [6.07, 6.45) is 8.60. The fourth-order valence-corrected chi connectivity index (χ4v) is 3.34. The molecule has 0 unspecified atom stereocenters. The number of aliphatic hydroxyl groups is 3. The number of aliphatic hydroxyl groups excluding tert-OH is 3. The Labute approximate surface area is 243 Å². The van der Waals surface area contributed by atoms with Crippen LogP contribution in [0.4, 0.5) is 5.69 Å². The number of nitrogens with zero attached hydrogens (tertiary/aromatic N) is 3. The second-order valence-corrected chi connectivity index (χ2v) is 9.13. The van der Waals surface area contributed by atoms with Gasteiger partial charge in [-0.2, -0.15) is 0 Å². The van der Waals surface area contributed by atoms with E-state index in [1.54, 1.807) is 6.08 Å². The van der Waals surface area contributed by atoms with Crippen molar-refractivity contribution in [3.63, 3.8) is 0 Å². The number of hydrogen-bond acceptors (Lipinski definition) is 9. The van der Waals surface area contributed by atoms with Crippen molar-refractivity contribution in [1.82, 2.24) is 20.2 Å². The van der Waals surface area contributed by atoms with Gasteiger partial charge in [-0.1, -0.05) is 37.3 Å². The number of carbonyl (C=O) groups is 1. The number of pyridine rings is 2. The molecule has 3 aromatic rings. The van der Waals surface area contributed by atoms with Crippen LogP contribution >= 0.6 is 0 Å². The van der Waals surface area contributed by atoms with Gasteiger partial charge in [0.05, 0.1) is 31.2 Å². The smallest absolute Gasteiger partial charge is 0.207 e. The molecule has 2 heterocycles. The molecule has 0 atom stereocenters. The molecule has 0 fully saturated rings. The Morgan fingerprint density at radius 2 is 1.46 bits per heavy atom. The number of carbonyl (C=O) groups excluding carboxylic acids is 1. The molecule has 222 valence electrons. The van der Waals surface area contributed by atoms with Crippen LogP contribution < -0.4 is 16.4 Å². The third-order valence-corrected chi connectivity index (χ3v) is 5.69. The van der Waals surface area contributed by atoms with Crippen molar-refractivity contribution in [2.75, 3.05) is 31.7 Å². The molecule has 0 aliphatic carbocycles. The molecule has 0 aliphatic heterocycles. The van der Waals surface area contributed by atoms with Crippen LogP contribution in [0.15, 0.2) is 97.6 Å². The fraction of sp³-hybridized carbons (Fsp3) is 0.323. The number of anilines is 1. The van der Waals surface area contributed by atoms with Crippen molar-refractivity contribution in [2.24, 2.45) is 5.73 Å². The van der Waals surface area contributed by atoms with E-state index in [1.807, 2.05) is 61.9 Å². The lowest BCUT2D eigenvalue weighted by atomic mass is 10.0. The number of amides is 1. The number of allylic oxidation sites excluding steroid dienone is 1. The standard InChI is InChI=1S/C23H27N5.C5H11NO4.C3H6/c1-2-19-9-11-21(12-10-19)27-15-20(24)16-28(17-22-7-3-5-13-25-22)18-23-8-4-6-14-26-23;7-1-5(2-8,3-9)6-4-10;1-3-2/h3-15,27H,2,16-18,24H2,1H3;4,7-9H,1-3H2,(H,6,10);3H,1H2,2H3/b20-15-;;. The molecule has 3 rings (SSSR count). The molecule has 0 saturated carbocycles. The van der Waals surface area contributed by atoms with E-state index in [9.17, 15) is 4.79 Å². The fourth-order valence-electron chi connectivity index (χ4n) is 3.34. The van der Waals surface area contributed by atoms with Crippen molar-refractivity contribution in [1.29, 1.82) is 0 Å². The van der Waals surface area contributed by atoms with Crippen LogP contribution in [-0.2, 0) is 24.3 Å². The largest absolute Gasteiger partial charge is 0.400 e. The minimum Gasteiger partial charge on any atom is -0.400 e. The van der Waals surface area contributed by atoms with Gasteiger partial charge in [-0.15, -0.1) is 6.58 Å². The van der Waals surface area contributed by atoms with Crippen molar-refractivity contribution >= 4 is 12.1 Å². The van der Waals surface area contributed by atoms with Crippen LogP contribution in [0.5, 0.6) is 0 Å². The van der Waals surface area contributed by atoms with Crippen LogP contribution in [-0.4, -0.2) is 68.5 Å². The number of aromatic nitrogens is 2. The monoisotopic (exact) mass is 564 g/mol. The highest BCUT2D eigenvalue weighted by Crippen LogP contribution is 2.11. The molecule has 10 heteroatoms. The van der Waals surface area contributed by atoms with Crippen molar-refractivity contribution < 1.29 is 20.1 Å². The minimum atomic E-state index is -1.28. The molecule has 0 spiro atoms. The lowest BCUT2D eigenvalue weighted by Crippen LogP contribution is -2.54. The summed E-state index contributed by atoms with van der Waals surface area (Å²) in [5, 5.41) is 31.1. The normalized spacial score (nSPS) is 10.9. The van der Waals surface area contributed by atoms with Gasteiger partial charge in [0, 0.05) is 49.6 Å². The lowest BCUT2D eigenvalue weighted by molar-refractivity contribution is -0.113. The third kappa shape index (κ3) is 14.2. The average molecular weight is 565 g/mol. The molecule has 0 aliphatic rings. The first-order valence-corrected chi connectivity index (χ1v) is 13.3. The van der Waals surface area contributed by atoms with Crippen LogP contribution in [0.2, 0.25) is 0 Å². The number of hydrogen-bond donors (Lipinski definition) is 6. The SMILES string of the molecule is C=CC.CCc1ccc(N/C=C(\N)CN(Cc2ccccn2)Cc2ccccn2)cc1.O=CNC(CO)(CO)CO. The maximum Gasteiger partial charge on any atom is 0.207 e. The van der Waals surface area contributed by atoms with Crippen LogP contribution in [0, 0.1) is 0 Å². The van der Waals surface area contributed by atoms with Gasteiger partial charge in [0.2, 0.25) is 6.41 Å². The van der Waals surface area contributed by atoms with Crippen molar-refractivity contribution in [3.05, 3.63) is 115 Å². The Morgan fingerprint density at radius 1 is 0.951 bits per heavy atom. The highest BCUT2D eigenvalue weighted by Gasteiger charge is 2.26. The number of benzene rings is 1. The molecule has 7 N–H and O–H groups in total. The number of nitrogens with one attached hydrogen (secondary N) is 2. The second-order valence-electron chi connectivity index (χ2n) is 9.13. The van der Waals surface area contributed by atoms with E-state index in [2.05, 4.69) is 63.3 Å². The van der Waals surface area contributed by atoms with E-state index < -0.39 is 25.4 Å². The first kappa shape index (κ1) is 34.9. The first-order valence-electron chi connectivity index (χ1n) is 13.3. The van der Waals surface area contributed by atoms with Gasteiger partial charge in [-0.05, 0) is 55.3 Å². The summed E-state index contributed by atoms with van der Waals surface area (Å²) in [5.74, 6) is 0. The zero-order valence-electron chi connectivity index (χ0n) is 24.0. The number of aryl methyl sites for hydroxylation is 1. The maximum absolute atomic E-state index is 9.85.